The van der Waals surface area contributed by atoms with Crippen LogP contribution in [0.5, 0.6) is 0 Å². The van der Waals surface area contributed by atoms with E-state index in [1.807, 2.05) is 53.4 Å². The Kier molecular flexibility index (Phi) is 3.87. The van der Waals surface area contributed by atoms with Gasteiger partial charge >= 0.3 is 0 Å². The lowest BCUT2D eigenvalue weighted by atomic mass is 10.1. The highest BCUT2D eigenvalue weighted by Gasteiger charge is 2.25. The number of nitriles is 1. The number of nitrogens with zero attached hydrogens (tertiary/aromatic N) is 3. The van der Waals surface area contributed by atoms with E-state index in [-0.39, 0.29) is 5.91 Å². The Bertz CT molecular complexity index is 962. The van der Waals surface area contributed by atoms with Gasteiger partial charge in [0, 0.05) is 31.6 Å². The molecule has 1 aromatic heterocycles. The number of hydrogen-bond donors (Lipinski definition) is 0. The molecule has 1 aliphatic rings. The molecule has 1 saturated heterocycles. The van der Waals surface area contributed by atoms with Crippen LogP contribution >= 0.6 is 0 Å². The molecule has 2 aromatic carbocycles. The van der Waals surface area contributed by atoms with Crippen molar-refractivity contribution in [3.63, 3.8) is 0 Å². The number of piperazine rings is 1. The standard InChI is InChI=1S/C20H17N3O2/c21-13-15-5-1-3-7-18(15)22-9-11-23(12-10-22)20(24)17-14-25-19-8-4-2-6-16(17)19/h1-8,14H,9-12H2. The molecule has 0 saturated carbocycles. The molecular weight excluding hydrogens is 314 g/mol. The SMILES string of the molecule is N#Cc1ccccc1N1CCN(C(=O)c2coc3ccccc23)CC1. The molecule has 1 amide bonds. The molecule has 25 heavy (non-hydrogen) atoms. The van der Waals surface area contributed by atoms with Crippen molar-refractivity contribution in [3.8, 4) is 6.07 Å². The van der Waals surface area contributed by atoms with Crippen molar-refractivity contribution in [2.45, 2.75) is 0 Å². The maximum absolute atomic E-state index is 12.8. The van der Waals surface area contributed by atoms with Crippen LogP contribution in [0.15, 0.2) is 59.2 Å². The molecule has 3 aromatic rings. The highest BCUT2D eigenvalue weighted by atomic mass is 16.3. The minimum absolute atomic E-state index is 0.00170. The van der Waals surface area contributed by atoms with E-state index in [0.717, 1.165) is 16.7 Å². The lowest BCUT2D eigenvalue weighted by Crippen LogP contribution is -2.49. The molecule has 0 bridgehead atoms. The van der Waals surface area contributed by atoms with E-state index in [0.29, 0.717) is 37.3 Å². The van der Waals surface area contributed by atoms with Gasteiger partial charge in [0.1, 0.15) is 17.9 Å². The number of carbonyl (C=O) groups excluding carboxylic acids is 1. The normalized spacial score (nSPS) is 14.5. The maximum atomic E-state index is 12.8. The van der Waals surface area contributed by atoms with Crippen LogP contribution in [0.25, 0.3) is 11.0 Å². The van der Waals surface area contributed by atoms with Gasteiger partial charge in [0.05, 0.1) is 16.8 Å². The van der Waals surface area contributed by atoms with E-state index in [2.05, 4.69) is 11.0 Å². The Morgan fingerprint density at radius 3 is 2.52 bits per heavy atom. The molecule has 0 spiro atoms. The van der Waals surface area contributed by atoms with Gasteiger partial charge in [0.2, 0.25) is 0 Å². The van der Waals surface area contributed by atoms with Gasteiger partial charge < -0.3 is 14.2 Å². The summed E-state index contributed by atoms with van der Waals surface area (Å²) in [6.07, 6.45) is 1.55. The summed E-state index contributed by atoms with van der Waals surface area (Å²) in [4.78, 5) is 16.8. The fourth-order valence-corrected chi connectivity index (χ4v) is 3.31. The maximum Gasteiger partial charge on any atom is 0.257 e. The van der Waals surface area contributed by atoms with Gasteiger partial charge in [-0.1, -0.05) is 30.3 Å². The van der Waals surface area contributed by atoms with Crippen LogP contribution in [0, 0.1) is 11.3 Å². The van der Waals surface area contributed by atoms with Crippen molar-refractivity contribution in [1.82, 2.24) is 4.90 Å². The van der Waals surface area contributed by atoms with Crippen molar-refractivity contribution < 1.29 is 9.21 Å². The number of carbonyl (C=O) groups is 1. The number of rotatable bonds is 2. The van der Waals surface area contributed by atoms with Gasteiger partial charge in [0.25, 0.3) is 5.91 Å². The minimum Gasteiger partial charge on any atom is -0.463 e. The van der Waals surface area contributed by atoms with Gasteiger partial charge in [-0.25, -0.2) is 0 Å². The largest absolute Gasteiger partial charge is 0.463 e. The molecule has 5 heteroatoms. The van der Waals surface area contributed by atoms with Crippen molar-refractivity contribution in [1.29, 1.82) is 5.26 Å². The summed E-state index contributed by atoms with van der Waals surface area (Å²) in [5.74, 6) is -0.00170. The first-order valence-electron chi connectivity index (χ1n) is 8.27. The van der Waals surface area contributed by atoms with Crippen molar-refractivity contribution in [3.05, 3.63) is 65.9 Å². The Hall–Kier alpha value is -3.26. The Morgan fingerprint density at radius 1 is 1.00 bits per heavy atom. The summed E-state index contributed by atoms with van der Waals surface area (Å²) in [7, 11) is 0. The third kappa shape index (κ3) is 2.72. The highest BCUT2D eigenvalue weighted by molar-refractivity contribution is 6.05. The highest BCUT2D eigenvalue weighted by Crippen LogP contribution is 2.24. The number of hydrogen-bond acceptors (Lipinski definition) is 4. The summed E-state index contributed by atoms with van der Waals surface area (Å²) in [6.45, 7) is 2.66. The Morgan fingerprint density at radius 2 is 1.72 bits per heavy atom. The zero-order valence-corrected chi connectivity index (χ0v) is 13.7. The van der Waals surface area contributed by atoms with Crippen LogP contribution in [0.2, 0.25) is 0 Å². The molecule has 0 radical (unpaired) electrons. The molecule has 0 unspecified atom stereocenters. The molecule has 5 nitrogen and oxygen atoms in total. The zero-order valence-electron chi connectivity index (χ0n) is 13.7. The Balaban J connectivity index is 1.50. The third-order valence-corrected chi connectivity index (χ3v) is 4.64. The fraction of sp³-hybridized carbons (Fsp3) is 0.200. The van der Waals surface area contributed by atoms with Gasteiger partial charge in [-0.2, -0.15) is 5.26 Å². The first-order chi connectivity index (χ1) is 12.3. The number of fused-ring (bicyclic) bond motifs is 1. The molecule has 124 valence electrons. The second kappa shape index (κ2) is 6.33. The number of para-hydroxylation sites is 2. The summed E-state index contributed by atoms with van der Waals surface area (Å²) >= 11 is 0. The van der Waals surface area contributed by atoms with E-state index >= 15 is 0 Å². The van der Waals surface area contributed by atoms with Crippen molar-refractivity contribution >= 4 is 22.6 Å². The summed E-state index contributed by atoms with van der Waals surface area (Å²) in [6, 6.07) is 17.4. The van der Waals surface area contributed by atoms with E-state index < -0.39 is 0 Å². The predicted octanol–water partition coefficient (Wildman–Crippen LogP) is 3.27. The lowest BCUT2D eigenvalue weighted by molar-refractivity contribution is 0.0748. The number of anilines is 1. The number of benzene rings is 2. The van der Waals surface area contributed by atoms with Gasteiger partial charge in [-0.05, 0) is 18.2 Å². The summed E-state index contributed by atoms with van der Waals surface area (Å²) < 4.78 is 5.49. The first-order valence-corrected chi connectivity index (χ1v) is 8.27. The zero-order chi connectivity index (χ0) is 17.2. The Labute approximate surface area is 145 Å². The smallest absolute Gasteiger partial charge is 0.257 e. The monoisotopic (exact) mass is 331 g/mol. The minimum atomic E-state index is -0.00170. The molecule has 0 aliphatic carbocycles. The van der Waals surface area contributed by atoms with Crippen molar-refractivity contribution in [2.75, 3.05) is 31.1 Å². The van der Waals surface area contributed by atoms with Crippen LogP contribution < -0.4 is 4.90 Å². The summed E-state index contributed by atoms with van der Waals surface area (Å²) in [5, 5.41) is 10.1. The van der Waals surface area contributed by atoms with Crippen LogP contribution in [0.4, 0.5) is 5.69 Å². The molecule has 0 N–H and O–H groups in total. The first kappa shape index (κ1) is 15.3. The van der Waals surface area contributed by atoms with Crippen LogP contribution in [0.1, 0.15) is 15.9 Å². The van der Waals surface area contributed by atoms with E-state index in [1.54, 1.807) is 6.26 Å². The third-order valence-electron chi connectivity index (χ3n) is 4.64. The van der Waals surface area contributed by atoms with Crippen LogP contribution in [-0.2, 0) is 0 Å². The van der Waals surface area contributed by atoms with Crippen LogP contribution in [-0.4, -0.2) is 37.0 Å². The van der Waals surface area contributed by atoms with E-state index in [9.17, 15) is 10.1 Å². The van der Waals surface area contributed by atoms with E-state index in [4.69, 9.17) is 4.42 Å². The molecule has 2 heterocycles. The second-order valence-corrected chi connectivity index (χ2v) is 6.05. The number of amides is 1. The fourth-order valence-electron chi connectivity index (χ4n) is 3.31. The number of furan rings is 1. The molecule has 1 aliphatic heterocycles. The van der Waals surface area contributed by atoms with Gasteiger partial charge in [0.15, 0.2) is 0 Å². The summed E-state index contributed by atoms with van der Waals surface area (Å²) in [5.41, 5.74) is 2.95. The second-order valence-electron chi connectivity index (χ2n) is 6.05. The predicted molar refractivity (Wildman–Crippen MR) is 95.5 cm³/mol. The van der Waals surface area contributed by atoms with Crippen molar-refractivity contribution in [2.24, 2.45) is 0 Å². The average Bonchev–Trinajstić information content (AvgIpc) is 3.11. The molecule has 0 atom stereocenters. The molecule has 4 rings (SSSR count). The van der Waals surface area contributed by atoms with Gasteiger partial charge in [-0.15, -0.1) is 0 Å². The molecule has 1 fully saturated rings. The quantitative estimate of drug-likeness (QED) is 0.723. The topological polar surface area (TPSA) is 60.5 Å². The van der Waals surface area contributed by atoms with Crippen LogP contribution in [0.3, 0.4) is 0 Å². The molecular formula is C20H17N3O2. The average molecular weight is 331 g/mol. The van der Waals surface area contributed by atoms with Gasteiger partial charge in [-0.3, -0.25) is 4.79 Å². The van der Waals surface area contributed by atoms with E-state index in [1.165, 1.54) is 0 Å². The lowest BCUT2D eigenvalue weighted by Gasteiger charge is -2.36.